The number of para-hydroxylation sites is 1. The highest BCUT2D eigenvalue weighted by atomic mass is 35.5. The van der Waals surface area contributed by atoms with Crippen molar-refractivity contribution < 1.29 is 14.3 Å². The lowest BCUT2D eigenvalue weighted by atomic mass is 10.1. The zero-order valence-electron chi connectivity index (χ0n) is 16.8. The number of carbonyl (C=O) groups excluding carboxylic acids is 2. The summed E-state index contributed by atoms with van der Waals surface area (Å²) in [6.45, 7) is 5.70. The fourth-order valence-corrected chi connectivity index (χ4v) is 2.94. The number of methoxy groups -OCH3 is 1. The van der Waals surface area contributed by atoms with Gasteiger partial charge in [-0.15, -0.1) is 0 Å². The Bertz CT molecular complexity index is 850. The van der Waals surface area contributed by atoms with Crippen molar-refractivity contribution in [2.45, 2.75) is 26.8 Å². The van der Waals surface area contributed by atoms with E-state index in [1.54, 1.807) is 37.1 Å². The van der Waals surface area contributed by atoms with Gasteiger partial charge in [0.2, 0.25) is 11.8 Å². The molecule has 0 saturated heterocycles. The lowest BCUT2D eigenvalue weighted by Crippen LogP contribution is -2.43. The Morgan fingerprint density at radius 1 is 1.14 bits per heavy atom. The Balaban J connectivity index is 2.00. The van der Waals surface area contributed by atoms with Gasteiger partial charge in [0.1, 0.15) is 5.75 Å². The first-order valence-electron chi connectivity index (χ1n) is 8.93. The lowest BCUT2D eigenvalue weighted by molar-refractivity contribution is -0.122. The molecule has 2 aromatic rings. The van der Waals surface area contributed by atoms with Gasteiger partial charge in [0.05, 0.1) is 25.4 Å². The van der Waals surface area contributed by atoms with Gasteiger partial charge < -0.3 is 15.4 Å². The fraction of sp³-hybridized carbons (Fsp3) is 0.333. The molecule has 2 aromatic carbocycles. The number of benzene rings is 2. The topological polar surface area (TPSA) is 70.7 Å². The molecule has 0 spiro atoms. The van der Waals surface area contributed by atoms with E-state index < -0.39 is 6.04 Å². The predicted octanol–water partition coefficient (Wildman–Crippen LogP) is 3.86. The van der Waals surface area contributed by atoms with Gasteiger partial charge in [-0.3, -0.25) is 14.5 Å². The highest BCUT2D eigenvalue weighted by Gasteiger charge is 2.22. The maximum absolute atomic E-state index is 12.6. The van der Waals surface area contributed by atoms with Crippen LogP contribution in [0.3, 0.4) is 0 Å². The Hall–Kier alpha value is -2.57. The van der Waals surface area contributed by atoms with Crippen LogP contribution in [0.2, 0.25) is 5.02 Å². The average Bonchev–Trinajstić information content (AvgIpc) is 2.64. The molecule has 2 N–H and O–H groups in total. The number of hydrogen-bond acceptors (Lipinski definition) is 4. The monoisotopic (exact) mass is 403 g/mol. The van der Waals surface area contributed by atoms with Crippen LogP contribution in [-0.4, -0.2) is 43.5 Å². The third-order valence-electron chi connectivity index (χ3n) is 4.60. The van der Waals surface area contributed by atoms with E-state index >= 15 is 0 Å². The number of halogens is 1. The quantitative estimate of drug-likeness (QED) is 0.736. The Morgan fingerprint density at radius 3 is 2.39 bits per heavy atom. The van der Waals surface area contributed by atoms with Crippen molar-refractivity contribution >= 4 is 34.8 Å². The smallest absolute Gasteiger partial charge is 0.241 e. The summed E-state index contributed by atoms with van der Waals surface area (Å²) in [7, 11) is 3.25. The molecule has 28 heavy (non-hydrogen) atoms. The van der Waals surface area contributed by atoms with Crippen LogP contribution >= 0.6 is 11.6 Å². The second kappa shape index (κ2) is 9.57. The number of rotatable bonds is 7. The minimum absolute atomic E-state index is 0.0784. The summed E-state index contributed by atoms with van der Waals surface area (Å²) in [5.74, 6) is 0.0724. The molecule has 0 radical (unpaired) electrons. The van der Waals surface area contributed by atoms with Crippen LogP contribution in [0.25, 0.3) is 0 Å². The second-order valence-corrected chi connectivity index (χ2v) is 7.18. The molecule has 0 aliphatic heterocycles. The van der Waals surface area contributed by atoms with E-state index in [1.165, 1.54) is 7.11 Å². The van der Waals surface area contributed by atoms with E-state index in [9.17, 15) is 9.59 Å². The normalized spacial score (nSPS) is 11.8. The van der Waals surface area contributed by atoms with Gasteiger partial charge in [0.15, 0.2) is 0 Å². The van der Waals surface area contributed by atoms with Crippen LogP contribution in [-0.2, 0) is 9.59 Å². The van der Waals surface area contributed by atoms with E-state index in [4.69, 9.17) is 16.3 Å². The molecule has 1 unspecified atom stereocenters. The van der Waals surface area contributed by atoms with Crippen LogP contribution in [0.15, 0.2) is 36.4 Å². The zero-order valence-corrected chi connectivity index (χ0v) is 17.6. The zero-order chi connectivity index (χ0) is 20.8. The van der Waals surface area contributed by atoms with Gasteiger partial charge in [0.25, 0.3) is 0 Å². The number of hydrogen-bond donors (Lipinski definition) is 2. The predicted molar refractivity (Wildman–Crippen MR) is 113 cm³/mol. The van der Waals surface area contributed by atoms with Crippen molar-refractivity contribution in [1.29, 1.82) is 0 Å². The summed E-state index contributed by atoms with van der Waals surface area (Å²) in [4.78, 5) is 26.7. The minimum atomic E-state index is -0.535. The Kier molecular flexibility index (Phi) is 7.43. The number of aryl methyl sites for hydroxylation is 2. The summed E-state index contributed by atoms with van der Waals surface area (Å²) in [6.07, 6.45) is 0. The van der Waals surface area contributed by atoms with E-state index in [-0.39, 0.29) is 18.4 Å². The molecule has 2 amide bonds. The molecule has 0 aliphatic carbocycles. The van der Waals surface area contributed by atoms with Gasteiger partial charge in [-0.25, -0.2) is 0 Å². The Morgan fingerprint density at radius 2 is 1.79 bits per heavy atom. The van der Waals surface area contributed by atoms with Crippen molar-refractivity contribution in [3.8, 4) is 5.75 Å². The molecule has 6 nitrogen and oxygen atoms in total. The average molecular weight is 404 g/mol. The maximum atomic E-state index is 12.6. The molecule has 0 aliphatic rings. The van der Waals surface area contributed by atoms with Gasteiger partial charge in [-0.2, -0.15) is 0 Å². The Labute approximate surface area is 170 Å². The first-order chi connectivity index (χ1) is 13.2. The number of anilines is 2. The summed E-state index contributed by atoms with van der Waals surface area (Å²) in [5.41, 5.74) is 3.28. The summed E-state index contributed by atoms with van der Waals surface area (Å²) in [6, 6.07) is 10.3. The number of nitrogens with one attached hydrogen (secondary N) is 2. The number of nitrogens with zero attached hydrogens (tertiary/aromatic N) is 1. The molecule has 0 bridgehead atoms. The molecule has 2 rings (SSSR count). The van der Waals surface area contributed by atoms with Crippen LogP contribution in [0, 0.1) is 13.8 Å². The van der Waals surface area contributed by atoms with E-state index in [0.717, 1.165) is 16.8 Å². The summed E-state index contributed by atoms with van der Waals surface area (Å²) >= 11 is 6.00. The summed E-state index contributed by atoms with van der Waals surface area (Å²) < 4.78 is 5.24. The third-order valence-corrected chi connectivity index (χ3v) is 4.83. The number of amides is 2. The van der Waals surface area contributed by atoms with Gasteiger partial charge in [-0.1, -0.05) is 29.8 Å². The number of likely N-dealkylation sites (N-methyl/N-ethyl adjacent to an activating group) is 1. The van der Waals surface area contributed by atoms with Crippen LogP contribution in [0.5, 0.6) is 5.75 Å². The molecular weight excluding hydrogens is 378 g/mol. The van der Waals surface area contributed by atoms with Crippen LogP contribution < -0.4 is 15.4 Å². The highest BCUT2D eigenvalue weighted by Crippen LogP contribution is 2.28. The minimum Gasteiger partial charge on any atom is -0.495 e. The second-order valence-electron chi connectivity index (χ2n) is 6.74. The van der Waals surface area contributed by atoms with Crippen molar-refractivity contribution in [1.82, 2.24) is 4.90 Å². The molecule has 0 saturated carbocycles. The number of carbonyl (C=O) groups is 2. The first kappa shape index (κ1) is 21.7. The molecule has 150 valence electrons. The third kappa shape index (κ3) is 5.47. The van der Waals surface area contributed by atoms with Crippen molar-refractivity contribution in [3.05, 3.63) is 52.5 Å². The van der Waals surface area contributed by atoms with E-state index in [2.05, 4.69) is 10.6 Å². The van der Waals surface area contributed by atoms with Crippen LogP contribution in [0.4, 0.5) is 11.4 Å². The maximum Gasteiger partial charge on any atom is 0.241 e. The van der Waals surface area contributed by atoms with E-state index in [0.29, 0.717) is 16.5 Å². The van der Waals surface area contributed by atoms with Crippen molar-refractivity contribution in [2.24, 2.45) is 0 Å². The molecule has 7 heteroatoms. The molecular formula is C21H26ClN3O3. The van der Waals surface area contributed by atoms with Crippen molar-refractivity contribution in [3.63, 3.8) is 0 Å². The standard InChI is InChI=1S/C21H26ClN3O3/c1-13-7-6-8-14(2)20(13)24-19(26)12-25(4)15(3)21(27)23-17-11-16(22)9-10-18(17)28-5/h6-11,15H,12H2,1-5H3,(H,23,27)(H,24,26). The van der Waals surface area contributed by atoms with Crippen molar-refractivity contribution in [2.75, 3.05) is 31.3 Å². The largest absolute Gasteiger partial charge is 0.495 e. The molecule has 1 atom stereocenters. The van der Waals surface area contributed by atoms with Gasteiger partial charge in [0, 0.05) is 10.7 Å². The van der Waals surface area contributed by atoms with Crippen LogP contribution in [0.1, 0.15) is 18.1 Å². The molecule has 0 fully saturated rings. The fourth-order valence-electron chi connectivity index (χ4n) is 2.77. The van der Waals surface area contributed by atoms with Gasteiger partial charge >= 0.3 is 0 Å². The SMILES string of the molecule is COc1ccc(Cl)cc1NC(=O)C(C)N(C)CC(=O)Nc1c(C)cccc1C. The summed E-state index contributed by atoms with van der Waals surface area (Å²) in [5, 5.41) is 6.22. The van der Waals surface area contributed by atoms with Gasteiger partial charge in [-0.05, 0) is 57.1 Å². The number of ether oxygens (including phenoxy) is 1. The first-order valence-corrected chi connectivity index (χ1v) is 9.31. The molecule has 0 heterocycles. The molecule has 0 aromatic heterocycles. The van der Waals surface area contributed by atoms with E-state index in [1.807, 2.05) is 32.0 Å². The lowest BCUT2D eigenvalue weighted by Gasteiger charge is -2.24. The highest BCUT2D eigenvalue weighted by molar-refractivity contribution is 6.31.